The minimum Gasteiger partial charge on any atom is -0.389 e. The first-order valence-electron chi connectivity index (χ1n) is 5.84. The summed E-state index contributed by atoms with van der Waals surface area (Å²) < 4.78 is 0. The summed E-state index contributed by atoms with van der Waals surface area (Å²) >= 11 is 6.67. The van der Waals surface area contributed by atoms with Gasteiger partial charge in [0.1, 0.15) is 10.8 Å². The molecule has 1 aliphatic rings. The zero-order valence-electron chi connectivity index (χ0n) is 10.8. The highest BCUT2D eigenvalue weighted by atomic mass is 32.2. The number of hydrogen-bond acceptors (Lipinski definition) is 4. The molecule has 0 unspecified atom stereocenters. The van der Waals surface area contributed by atoms with Gasteiger partial charge in [-0.3, -0.25) is 0 Å². The third-order valence-electron chi connectivity index (χ3n) is 2.43. The highest BCUT2D eigenvalue weighted by Crippen LogP contribution is 2.29. The summed E-state index contributed by atoms with van der Waals surface area (Å²) in [5.74, 6) is 0.721. The molecule has 0 aromatic heterocycles. The van der Waals surface area contributed by atoms with Crippen LogP contribution in [0, 0.1) is 0 Å². The van der Waals surface area contributed by atoms with Crippen LogP contribution in [-0.2, 0) is 0 Å². The number of aliphatic imine (C=N–C) groups is 1. The number of nitrogens with one attached hydrogen (secondary N) is 1. The molecule has 0 saturated carbocycles. The molecule has 0 saturated heterocycles. The number of nitrogens with zero attached hydrogens (tertiary/aromatic N) is 1. The van der Waals surface area contributed by atoms with Gasteiger partial charge in [0.15, 0.2) is 0 Å². The number of nitrogens with two attached hydrogens (primary N) is 1. The van der Waals surface area contributed by atoms with Crippen molar-refractivity contribution in [2.24, 2.45) is 10.7 Å². The zero-order valence-corrected chi connectivity index (χ0v) is 12.4. The standard InChI is InChI=1S/C14H15N3S2/c1-9-8-10(2)17-14(16-9)12(13(15)18)19-11-6-4-3-5-7-11/h3-8,16H,1-2H3,(H2,15,18)/b14-12-. The Labute approximate surface area is 122 Å². The Morgan fingerprint density at radius 1 is 1.26 bits per heavy atom. The maximum Gasteiger partial charge on any atom is 0.147 e. The van der Waals surface area contributed by atoms with E-state index in [1.807, 2.05) is 50.3 Å². The van der Waals surface area contributed by atoms with Gasteiger partial charge in [-0.15, -0.1) is 0 Å². The Morgan fingerprint density at radius 2 is 1.95 bits per heavy atom. The second-order valence-electron chi connectivity index (χ2n) is 4.16. The minimum atomic E-state index is 0.350. The second-order valence-corrected chi connectivity index (χ2v) is 5.69. The quantitative estimate of drug-likeness (QED) is 0.510. The average molecular weight is 289 g/mol. The van der Waals surface area contributed by atoms with E-state index in [1.165, 1.54) is 11.8 Å². The molecule has 0 radical (unpaired) electrons. The van der Waals surface area contributed by atoms with E-state index < -0.39 is 0 Å². The fraction of sp³-hybridized carbons (Fsp3) is 0.143. The average Bonchev–Trinajstić information content (AvgIpc) is 2.35. The van der Waals surface area contributed by atoms with Crippen molar-refractivity contribution in [2.75, 3.05) is 0 Å². The largest absolute Gasteiger partial charge is 0.389 e. The maximum atomic E-state index is 5.83. The van der Waals surface area contributed by atoms with Crippen molar-refractivity contribution >= 4 is 34.7 Å². The summed E-state index contributed by atoms with van der Waals surface area (Å²) in [5.41, 5.74) is 7.80. The van der Waals surface area contributed by atoms with Gasteiger partial charge in [-0.25, -0.2) is 4.99 Å². The van der Waals surface area contributed by atoms with Gasteiger partial charge in [0, 0.05) is 16.3 Å². The highest BCUT2D eigenvalue weighted by molar-refractivity contribution is 8.05. The summed E-state index contributed by atoms with van der Waals surface area (Å²) in [6.45, 7) is 3.94. The first kappa shape index (κ1) is 13.8. The summed E-state index contributed by atoms with van der Waals surface area (Å²) in [4.78, 5) is 6.69. The fourth-order valence-corrected chi connectivity index (χ4v) is 2.75. The Hall–Kier alpha value is -1.59. The van der Waals surface area contributed by atoms with Crippen LogP contribution in [0.15, 0.2) is 62.7 Å². The highest BCUT2D eigenvalue weighted by Gasteiger charge is 2.14. The molecule has 2 rings (SSSR count). The first-order valence-corrected chi connectivity index (χ1v) is 7.06. The maximum absolute atomic E-state index is 5.83. The summed E-state index contributed by atoms with van der Waals surface area (Å²) in [5, 5.41) is 3.21. The smallest absolute Gasteiger partial charge is 0.147 e. The van der Waals surface area contributed by atoms with E-state index >= 15 is 0 Å². The molecule has 1 aromatic rings. The number of thioether (sulfide) groups is 1. The molecule has 0 amide bonds. The molecule has 0 atom stereocenters. The lowest BCUT2D eigenvalue weighted by Crippen LogP contribution is -2.21. The lowest BCUT2D eigenvalue weighted by Gasteiger charge is -2.17. The van der Waals surface area contributed by atoms with Gasteiger partial charge < -0.3 is 11.1 Å². The Kier molecular flexibility index (Phi) is 4.39. The Bertz CT molecular complexity index is 586. The molecule has 1 heterocycles. The van der Waals surface area contributed by atoms with E-state index in [1.54, 1.807) is 0 Å². The third kappa shape index (κ3) is 3.68. The molecule has 98 valence electrons. The van der Waals surface area contributed by atoms with Crippen LogP contribution in [0.4, 0.5) is 0 Å². The molecule has 5 heteroatoms. The van der Waals surface area contributed by atoms with E-state index in [9.17, 15) is 0 Å². The van der Waals surface area contributed by atoms with Gasteiger partial charge in [0.25, 0.3) is 0 Å². The lowest BCUT2D eigenvalue weighted by molar-refractivity contribution is 0.932. The van der Waals surface area contributed by atoms with Crippen LogP contribution < -0.4 is 11.1 Å². The fourth-order valence-electron chi connectivity index (χ4n) is 1.70. The van der Waals surface area contributed by atoms with E-state index in [4.69, 9.17) is 18.0 Å². The van der Waals surface area contributed by atoms with Crippen molar-refractivity contribution in [3.8, 4) is 0 Å². The van der Waals surface area contributed by atoms with Crippen LogP contribution in [0.25, 0.3) is 0 Å². The van der Waals surface area contributed by atoms with E-state index in [0.717, 1.165) is 27.0 Å². The van der Waals surface area contributed by atoms with E-state index in [2.05, 4.69) is 10.3 Å². The van der Waals surface area contributed by atoms with Gasteiger partial charge in [-0.2, -0.15) is 0 Å². The summed E-state index contributed by atoms with van der Waals surface area (Å²) in [6.07, 6.45) is 1.98. The molecular weight excluding hydrogens is 274 g/mol. The summed E-state index contributed by atoms with van der Waals surface area (Å²) in [6, 6.07) is 9.99. The van der Waals surface area contributed by atoms with Crippen LogP contribution >= 0.6 is 24.0 Å². The molecule has 0 bridgehead atoms. The predicted octanol–water partition coefficient (Wildman–Crippen LogP) is 3.20. The van der Waals surface area contributed by atoms with Gasteiger partial charge in [-0.1, -0.05) is 42.2 Å². The van der Waals surface area contributed by atoms with Crippen LogP contribution in [0.3, 0.4) is 0 Å². The molecular formula is C14H15N3S2. The van der Waals surface area contributed by atoms with Crippen molar-refractivity contribution in [1.29, 1.82) is 0 Å². The van der Waals surface area contributed by atoms with Crippen molar-refractivity contribution in [3.63, 3.8) is 0 Å². The van der Waals surface area contributed by atoms with Gasteiger partial charge in [-0.05, 0) is 32.1 Å². The van der Waals surface area contributed by atoms with E-state index in [-0.39, 0.29) is 0 Å². The van der Waals surface area contributed by atoms with Crippen LogP contribution in [0.5, 0.6) is 0 Å². The minimum absolute atomic E-state index is 0.350. The number of hydrogen-bond donors (Lipinski definition) is 2. The topological polar surface area (TPSA) is 50.4 Å². The van der Waals surface area contributed by atoms with Crippen LogP contribution in [0.1, 0.15) is 13.8 Å². The Morgan fingerprint density at radius 3 is 2.53 bits per heavy atom. The number of rotatable bonds is 3. The molecule has 1 aromatic carbocycles. The van der Waals surface area contributed by atoms with Gasteiger partial charge in [0.2, 0.25) is 0 Å². The SMILES string of the molecule is CC1=CC(C)=N/C(=C(\Sc2ccccc2)C(N)=S)N1. The zero-order chi connectivity index (χ0) is 13.8. The van der Waals surface area contributed by atoms with Crippen molar-refractivity contribution in [1.82, 2.24) is 5.32 Å². The molecule has 19 heavy (non-hydrogen) atoms. The van der Waals surface area contributed by atoms with Gasteiger partial charge in [0.05, 0.1) is 4.91 Å². The van der Waals surface area contributed by atoms with Crippen molar-refractivity contribution in [3.05, 3.63) is 52.8 Å². The van der Waals surface area contributed by atoms with Crippen molar-refractivity contribution < 1.29 is 0 Å². The van der Waals surface area contributed by atoms with Gasteiger partial charge >= 0.3 is 0 Å². The number of allylic oxidation sites excluding steroid dienone is 2. The number of benzene rings is 1. The molecule has 0 spiro atoms. The molecule has 0 fully saturated rings. The third-order valence-corrected chi connectivity index (χ3v) is 3.89. The van der Waals surface area contributed by atoms with Crippen LogP contribution in [-0.4, -0.2) is 10.7 Å². The normalized spacial score (nSPS) is 17.2. The second kappa shape index (κ2) is 6.04. The number of thiocarbonyl (C=S) groups is 1. The monoisotopic (exact) mass is 289 g/mol. The molecule has 1 aliphatic heterocycles. The summed E-state index contributed by atoms with van der Waals surface area (Å²) in [7, 11) is 0. The molecule has 3 N–H and O–H groups in total. The first-order chi connectivity index (χ1) is 9.06. The predicted molar refractivity (Wildman–Crippen MR) is 86.1 cm³/mol. The van der Waals surface area contributed by atoms with E-state index in [0.29, 0.717) is 4.99 Å². The molecule has 0 aliphatic carbocycles. The lowest BCUT2D eigenvalue weighted by atomic mass is 10.3. The van der Waals surface area contributed by atoms with Crippen LogP contribution in [0.2, 0.25) is 0 Å². The molecule has 3 nitrogen and oxygen atoms in total. The van der Waals surface area contributed by atoms with Crippen molar-refractivity contribution in [2.45, 2.75) is 18.7 Å². The Balaban J connectivity index is 2.36.